The standard InChI is InChI=1S/C16H22N2O/c1-16(2,3)13-7-5-4-6-10(13)15(19)18-14-11-8-17-9-12(11)14/h4-7,11-12,14,17H,8-9H2,1-3H3,(H,18,19). The molecule has 102 valence electrons. The molecule has 1 saturated carbocycles. The van der Waals surface area contributed by atoms with Crippen LogP contribution in [0.2, 0.25) is 0 Å². The Hall–Kier alpha value is -1.35. The van der Waals surface area contributed by atoms with E-state index in [4.69, 9.17) is 0 Å². The predicted octanol–water partition coefficient (Wildman–Crippen LogP) is 1.93. The lowest BCUT2D eigenvalue weighted by Crippen LogP contribution is -2.34. The average molecular weight is 258 g/mol. The van der Waals surface area contributed by atoms with E-state index in [1.165, 1.54) is 0 Å². The summed E-state index contributed by atoms with van der Waals surface area (Å²) in [6, 6.07) is 8.34. The van der Waals surface area contributed by atoms with E-state index < -0.39 is 0 Å². The maximum atomic E-state index is 12.5. The Balaban J connectivity index is 1.77. The molecule has 0 radical (unpaired) electrons. The zero-order valence-electron chi connectivity index (χ0n) is 11.9. The number of rotatable bonds is 2. The lowest BCUT2D eigenvalue weighted by molar-refractivity contribution is 0.0944. The molecule has 0 spiro atoms. The van der Waals surface area contributed by atoms with Crippen LogP contribution in [-0.2, 0) is 5.41 Å². The second kappa shape index (κ2) is 4.34. The molecular formula is C16H22N2O. The predicted molar refractivity (Wildman–Crippen MR) is 76.2 cm³/mol. The minimum Gasteiger partial charge on any atom is -0.349 e. The Labute approximate surface area is 114 Å². The van der Waals surface area contributed by atoms with E-state index in [9.17, 15) is 4.79 Å². The van der Waals surface area contributed by atoms with Gasteiger partial charge in [-0.15, -0.1) is 0 Å². The smallest absolute Gasteiger partial charge is 0.251 e. The van der Waals surface area contributed by atoms with Crippen LogP contribution < -0.4 is 10.6 Å². The van der Waals surface area contributed by atoms with E-state index in [-0.39, 0.29) is 11.3 Å². The van der Waals surface area contributed by atoms with Gasteiger partial charge in [-0.3, -0.25) is 4.79 Å². The summed E-state index contributed by atoms with van der Waals surface area (Å²) in [6.07, 6.45) is 0. The van der Waals surface area contributed by atoms with E-state index in [0.717, 1.165) is 24.2 Å². The molecule has 1 aromatic carbocycles. The minimum absolute atomic E-state index is 0.00505. The Kier molecular flexibility index (Phi) is 2.90. The topological polar surface area (TPSA) is 41.1 Å². The number of carbonyl (C=O) groups excluding carboxylic acids is 1. The third-order valence-electron chi connectivity index (χ3n) is 4.37. The number of carbonyl (C=O) groups is 1. The molecule has 2 unspecified atom stereocenters. The maximum Gasteiger partial charge on any atom is 0.251 e. The van der Waals surface area contributed by atoms with Gasteiger partial charge in [0.15, 0.2) is 0 Å². The Morgan fingerprint density at radius 2 is 1.84 bits per heavy atom. The molecule has 2 aliphatic rings. The third-order valence-corrected chi connectivity index (χ3v) is 4.37. The summed E-state index contributed by atoms with van der Waals surface area (Å²) in [5.41, 5.74) is 1.94. The summed E-state index contributed by atoms with van der Waals surface area (Å²) in [5, 5.41) is 6.55. The summed E-state index contributed by atoms with van der Waals surface area (Å²) in [4.78, 5) is 12.5. The zero-order chi connectivity index (χ0) is 13.6. The van der Waals surface area contributed by atoms with Gasteiger partial charge >= 0.3 is 0 Å². The van der Waals surface area contributed by atoms with Crippen molar-refractivity contribution in [2.24, 2.45) is 11.8 Å². The van der Waals surface area contributed by atoms with Crippen molar-refractivity contribution in [3.8, 4) is 0 Å². The van der Waals surface area contributed by atoms with E-state index >= 15 is 0 Å². The fourth-order valence-corrected chi connectivity index (χ4v) is 3.20. The summed E-state index contributed by atoms with van der Waals surface area (Å²) >= 11 is 0. The molecule has 2 atom stereocenters. The Morgan fingerprint density at radius 3 is 2.47 bits per heavy atom. The average Bonchev–Trinajstić information content (AvgIpc) is 2.81. The molecular weight excluding hydrogens is 236 g/mol. The first kappa shape index (κ1) is 12.7. The molecule has 1 aliphatic heterocycles. The maximum absolute atomic E-state index is 12.5. The van der Waals surface area contributed by atoms with Gasteiger partial charge in [0.1, 0.15) is 0 Å². The van der Waals surface area contributed by atoms with Gasteiger partial charge in [-0.1, -0.05) is 39.0 Å². The van der Waals surface area contributed by atoms with E-state index in [1.54, 1.807) is 0 Å². The van der Waals surface area contributed by atoms with Crippen LogP contribution in [0.3, 0.4) is 0 Å². The molecule has 0 bridgehead atoms. The van der Waals surface area contributed by atoms with E-state index in [2.05, 4.69) is 37.5 Å². The second-order valence-corrected chi connectivity index (χ2v) is 6.78. The molecule has 0 aromatic heterocycles. The highest BCUT2D eigenvalue weighted by Gasteiger charge is 2.53. The van der Waals surface area contributed by atoms with Gasteiger partial charge in [0.25, 0.3) is 5.91 Å². The van der Waals surface area contributed by atoms with Crippen molar-refractivity contribution in [1.29, 1.82) is 0 Å². The van der Waals surface area contributed by atoms with Crippen molar-refractivity contribution in [2.75, 3.05) is 13.1 Å². The molecule has 2 N–H and O–H groups in total. The van der Waals surface area contributed by atoms with Crippen molar-refractivity contribution in [1.82, 2.24) is 10.6 Å². The number of nitrogens with one attached hydrogen (secondary N) is 2. The largest absolute Gasteiger partial charge is 0.349 e. The van der Waals surface area contributed by atoms with Crippen molar-refractivity contribution < 1.29 is 4.79 Å². The lowest BCUT2D eigenvalue weighted by Gasteiger charge is -2.22. The fraction of sp³-hybridized carbons (Fsp3) is 0.562. The van der Waals surface area contributed by atoms with Crippen molar-refractivity contribution in [3.63, 3.8) is 0 Å². The highest BCUT2D eigenvalue weighted by Crippen LogP contribution is 2.41. The molecule has 19 heavy (non-hydrogen) atoms. The normalized spacial score (nSPS) is 28.9. The molecule has 1 amide bonds. The quantitative estimate of drug-likeness (QED) is 0.851. The zero-order valence-corrected chi connectivity index (χ0v) is 11.9. The van der Waals surface area contributed by atoms with Crippen LogP contribution in [0, 0.1) is 11.8 Å². The minimum atomic E-state index is -0.00505. The molecule has 3 rings (SSSR count). The Morgan fingerprint density at radius 1 is 1.21 bits per heavy atom. The van der Waals surface area contributed by atoms with Crippen molar-refractivity contribution in [3.05, 3.63) is 35.4 Å². The summed E-state index contributed by atoms with van der Waals surface area (Å²) in [6.45, 7) is 8.55. The number of hydrogen-bond donors (Lipinski definition) is 2. The van der Waals surface area contributed by atoms with Crippen LogP contribution in [0.1, 0.15) is 36.7 Å². The summed E-state index contributed by atoms with van der Waals surface area (Å²) in [7, 11) is 0. The van der Waals surface area contributed by atoms with Crippen molar-refractivity contribution in [2.45, 2.75) is 32.2 Å². The molecule has 3 nitrogen and oxygen atoms in total. The molecule has 2 fully saturated rings. The van der Waals surface area contributed by atoms with Gasteiger partial charge in [0, 0.05) is 24.7 Å². The van der Waals surface area contributed by atoms with Gasteiger partial charge in [-0.05, 0) is 28.9 Å². The first-order chi connectivity index (χ1) is 8.98. The number of fused-ring (bicyclic) bond motifs is 1. The van der Waals surface area contributed by atoms with Gasteiger partial charge in [-0.25, -0.2) is 0 Å². The van der Waals surface area contributed by atoms with Gasteiger partial charge < -0.3 is 10.6 Å². The van der Waals surface area contributed by atoms with E-state index in [0.29, 0.717) is 17.9 Å². The molecule has 1 aliphatic carbocycles. The second-order valence-electron chi connectivity index (χ2n) is 6.78. The van der Waals surface area contributed by atoms with Crippen LogP contribution in [0.25, 0.3) is 0 Å². The summed E-state index contributed by atoms with van der Waals surface area (Å²) in [5.74, 6) is 1.40. The number of hydrogen-bond acceptors (Lipinski definition) is 2. The van der Waals surface area contributed by atoms with Crippen LogP contribution in [0.4, 0.5) is 0 Å². The lowest BCUT2D eigenvalue weighted by atomic mass is 9.83. The number of benzene rings is 1. The third kappa shape index (κ3) is 2.27. The molecule has 3 heteroatoms. The van der Waals surface area contributed by atoms with Crippen LogP contribution in [0.15, 0.2) is 24.3 Å². The molecule has 1 heterocycles. The monoisotopic (exact) mass is 258 g/mol. The SMILES string of the molecule is CC(C)(C)c1ccccc1C(=O)NC1C2CNCC21. The first-order valence-electron chi connectivity index (χ1n) is 7.09. The summed E-state index contributed by atoms with van der Waals surface area (Å²) < 4.78 is 0. The Bertz CT molecular complexity index is 494. The molecule has 1 aromatic rings. The number of piperidine rings is 1. The van der Waals surface area contributed by atoms with Crippen LogP contribution in [-0.4, -0.2) is 25.0 Å². The van der Waals surface area contributed by atoms with Gasteiger partial charge in [0.05, 0.1) is 0 Å². The number of amides is 1. The van der Waals surface area contributed by atoms with Crippen LogP contribution >= 0.6 is 0 Å². The van der Waals surface area contributed by atoms with E-state index in [1.807, 2.05) is 18.2 Å². The van der Waals surface area contributed by atoms with Gasteiger partial charge in [0.2, 0.25) is 0 Å². The van der Waals surface area contributed by atoms with Crippen LogP contribution in [0.5, 0.6) is 0 Å². The first-order valence-corrected chi connectivity index (χ1v) is 7.09. The van der Waals surface area contributed by atoms with Crippen molar-refractivity contribution >= 4 is 5.91 Å². The highest BCUT2D eigenvalue weighted by molar-refractivity contribution is 5.96. The molecule has 1 saturated heterocycles. The highest BCUT2D eigenvalue weighted by atomic mass is 16.1. The van der Waals surface area contributed by atoms with Gasteiger partial charge in [-0.2, -0.15) is 0 Å². The fourth-order valence-electron chi connectivity index (χ4n) is 3.20.